The fraction of sp³-hybridized carbons (Fsp3) is 0.263. The number of carbonyl (C=O) groups is 1. The van der Waals surface area contributed by atoms with Crippen molar-refractivity contribution in [3.8, 4) is 6.07 Å². The van der Waals surface area contributed by atoms with Crippen molar-refractivity contribution in [3.05, 3.63) is 59.4 Å². The van der Waals surface area contributed by atoms with E-state index < -0.39 is 26.6 Å². The lowest BCUT2D eigenvalue weighted by molar-refractivity contribution is 0.102. The molecule has 0 saturated heterocycles. The van der Waals surface area contributed by atoms with Crippen molar-refractivity contribution in [1.82, 2.24) is 4.31 Å². The molecule has 0 aliphatic rings. The van der Waals surface area contributed by atoms with Gasteiger partial charge in [-0.3, -0.25) is 4.79 Å². The van der Waals surface area contributed by atoms with Gasteiger partial charge in [-0.25, -0.2) is 12.8 Å². The van der Waals surface area contributed by atoms with Gasteiger partial charge >= 0.3 is 0 Å². The number of nitrogens with zero attached hydrogens (tertiary/aromatic N) is 2. The molecule has 0 radical (unpaired) electrons. The zero-order valence-electron chi connectivity index (χ0n) is 15.1. The molecule has 0 bridgehead atoms. The van der Waals surface area contributed by atoms with E-state index in [0.717, 1.165) is 22.0 Å². The summed E-state index contributed by atoms with van der Waals surface area (Å²) in [5, 5.41) is 11.3. The van der Waals surface area contributed by atoms with E-state index in [0.29, 0.717) is 5.69 Å². The number of benzene rings is 2. The number of rotatable bonds is 7. The Bertz CT molecular complexity index is 963. The minimum absolute atomic E-state index is 0.0308. The van der Waals surface area contributed by atoms with Gasteiger partial charge in [0.05, 0.1) is 12.5 Å². The van der Waals surface area contributed by atoms with Crippen LogP contribution in [-0.2, 0) is 16.4 Å². The van der Waals surface area contributed by atoms with Gasteiger partial charge in [0.15, 0.2) is 0 Å². The molecule has 2 rings (SSSR count). The summed E-state index contributed by atoms with van der Waals surface area (Å²) in [7, 11) is -4.02. The summed E-state index contributed by atoms with van der Waals surface area (Å²) in [4.78, 5) is 11.9. The van der Waals surface area contributed by atoms with E-state index in [-0.39, 0.29) is 25.1 Å². The van der Waals surface area contributed by atoms with Crippen LogP contribution >= 0.6 is 0 Å². The summed E-state index contributed by atoms with van der Waals surface area (Å²) in [6.07, 6.45) is 0.263. The Morgan fingerprint density at radius 3 is 2.33 bits per heavy atom. The monoisotopic (exact) mass is 389 g/mol. The average molecular weight is 389 g/mol. The molecule has 2 aromatic rings. The second-order valence-electron chi connectivity index (χ2n) is 5.72. The molecule has 0 unspecified atom stereocenters. The highest BCUT2D eigenvalue weighted by atomic mass is 32.2. The maximum absolute atomic E-state index is 14.1. The molecule has 6 nitrogen and oxygen atoms in total. The molecule has 0 aromatic heterocycles. The van der Waals surface area contributed by atoms with Crippen LogP contribution in [0, 0.1) is 17.1 Å². The van der Waals surface area contributed by atoms with Crippen molar-refractivity contribution in [2.75, 3.05) is 18.4 Å². The van der Waals surface area contributed by atoms with E-state index in [1.807, 2.05) is 6.07 Å². The van der Waals surface area contributed by atoms with Gasteiger partial charge in [0.1, 0.15) is 10.7 Å². The van der Waals surface area contributed by atoms with Gasteiger partial charge in [-0.05, 0) is 35.9 Å². The molecule has 0 saturated carbocycles. The van der Waals surface area contributed by atoms with Gasteiger partial charge in [0.25, 0.3) is 5.91 Å². The Labute approximate surface area is 158 Å². The van der Waals surface area contributed by atoms with Crippen molar-refractivity contribution in [3.63, 3.8) is 0 Å². The topological polar surface area (TPSA) is 90.3 Å². The van der Waals surface area contributed by atoms with Crippen LogP contribution in [0.25, 0.3) is 0 Å². The number of nitrogens with one attached hydrogen (secondary N) is 1. The first-order valence-corrected chi connectivity index (χ1v) is 9.84. The molecule has 0 atom stereocenters. The molecule has 0 spiro atoms. The third kappa shape index (κ3) is 4.70. The molecule has 0 heterocycles. The molecule has 142 valence electrons. The molecule has 0 fully saturated rings. The predicted molar refractivity (Wildman–Crippen MR) is 100 cm³/mol. The molecule has 0 aliphatic heterocycles. The Morgan fingerprint density at radius 2 is 1.78 bits per heavy atom. The number of carbonyl (C=O) groups excluding carboxylic acids is 1. The van der Waals surface area contributed by atoms with Crippen LogP contribution in [0.2, 0.25) is 0 Å². The summed E-state index contributed by atoms with van der Waals surface area (Å²) < 4.78 is 40.4. The first kappa shape index (κ1) is 20.6. The second kappa shape index (κ2) is 8.75. The molecule has 2 aromatic carbocycles. The number of sulfonamides is 1. The minimum atomic E-state index is -4.02. The van der Waals surface area contributed by atoms with E-state index in [1.54, 1.807) is 38.1 Å². The molecule has 1 amide bonds. The fourth-order valence-electron chi connectivity index (χ4n) is 2.55. The third-order valence-electron chi connectivity index (χ3n) is 4.01. The van der Waals surface area contributed by atoms with Crippen LogP contribution in [0.5, 0.6) is 0 Å². The van der Waals surface area contributed by atoms with Crippen molar-refractivity contribution in [1.29, 1.82) is 5.26 Å². The van der Waals surface area contributed by atoms with Crippen LogP contribution in [0.3, 0.4) is 0 Å². The van der Waals surface area contributed by atoms with E-state index in [2.05, 4.69) is 5.32 Å². The fourth-order valence-corrected chi connectivity index (χ4v) is 4.09. The van der Waals surface area contributed by atoms with Gasteiger partial charge in [-0.1, -0.05) is 26.0 Å². The first-order valence-electron chi connectivity index (χ1n) is 8.40. The van der Waals surface area contributed by atoms with Crippen molar-refractivity contribution in [2.24, 2.45) is 0 Å². The van der Waals surface area contributed by atoms with Crippen LogP contribution in [0.4, 0.5) is 10.1 Å². The zero-order valence-corrected chi connectivity index (χ0v) is 15.9. The maximum atomic E-state index is 14.1. The molecular formula is C19H20FN3O3S. The molecule has 27 heavy (non-hydrogen) atoms. The van der Waals surface area contributed by atoms with Gasteiger partial charge in [0, 0.05) is 24.3 Å². The Hall–Kier alpha value is -2.76. The van der Waals surface area contributed by atoms with Crippen molar-refractivity contribution in [2.45, 2.75) is 25.2 Å². The highest BCUT2D eigenvalue weighted by Crippen LogP contribution is 2.21. The summed E-state index contributed by atoms with van der Waals surface area (Å²) in [5.41, 5.74) is 1.33. The number of anilines is 1. The van der Waals surface area contributed by atoms with Crippen molar-refractivity contribution < 1.29 is 17.6 Å². The highest BCUT2D eigenvalue weighted by molar-refractivity contribution is 7.89. The minimum Gasteiger partial charge on any atom is -0.322 e. The number of hydrogen-bond acceptors (Lipinski definition) is 4. The van der Waals surface area contributed by atoms with Gasteiger partial charge in [-0.2, -0.15) is 9.57 Å². The first-order chi connectivity index (χ1) is 12.8. The Balaban J connectivity index is 2.29. The molecular weight excluding hydrogens is 369 g/mol. The van der Waals surface area contributed by atoms with E-state index in [9.17, 15) is 17.6 Å². The zero-order chi connectivity index (χ0) is 20.0. The van der Waals surface area contributed by atoms with Crippen LogP contribution in [0.1, 0.15) is 29.8 Å². The van der Waals surface area contributed by atoms with E-state index in [1.165, 1.54) is 6.07 Å². The number of hydrogen-bond donors (Lipinski definition) is 1. The van der Waals surface area contributed by atoms with Crippen LogP contribution in [0.15, 0.2) is 47.4 Å². The lowest BCUT2D eigenvalue weighted by Crippen LogP contribution is -2.31. The number of amides is 1. The predicted octanol–water partition coefficient (Wildman–Crippen LogP) is 3.17. The van der Waals surface area contributed by atoms with E-state index >= 15 is 0 Å². The smallest absolute Gasteiger partial charge is 0.255 e. The maximum Gasteiger partial charge on any atom is 0.255 e. The quantitative estimate of drug-likeness (QED) is 0.787. The summed E-state index contributed by atoms with van der Waals surface area (Å²) in [6, 6.07) is 12.0. The summed E-state index contributed by atoms with van der Waals surface area (Å²) in [6.45, 7) is 3.71. The number of halogens is 1. The Kier molecular flexibility index (Phi) is 6.66. The molecule has 8 heteroatoms. The highest BCUT2D eigenvalue weighted by Gasteiger charge is 2.26. The normalized spacial score (nSPS) is 11.2. The Morgan fingerprint density at radius 1 is 1.15 bits per heavy atom. The van der Waals surface area contributed by atoms with Crippen molar-refractivity contribution >= 4 is 21.6 Å². The van der Waals surface area contributed by atoms with Gasteiger partial charge < -0.3 is 5.32 Å². The number of nitriles is 1. The SMILES string of the molecule is CCN(CC)S(=O)(=O)c1cc(C(=O)Nc2ccc(CC#N)cc2)ccc1F. The summed E-state index contributed by atoms with van der Waals surface area (Å²) in [5.74, 6) is -1.46. The van der Waals surface area contributed by atoms with E-state index in [4.69, 9.17) is 5.26 Å². The lowest BCUT2D eigenvalue weighted by atomic mass is 10.1. The summed E-state index contributed by atoms with van der Waals surface area (Å²) >= 11 is 0. The largest absolute Gasteiger partial charge is 0.322 e. The van der Waals surface area contributed by atoms with Crippen LogP contribution < -0.4 is 5.32 Å². The standard InChI is InChI=1S/C19H20FN3O3S/c1-3-23(4-2)27(25,26)18-13-15(7-10-17(18)20)19(24)22-16-8-5-14(6-9-16)11-12-21/h5-10,13H,3-4,11H2,1-2H3,(H,22,24). The van der Waals surface area contributed by atoms with Crippen LogP contribution in [-0.4, -0.2) is 31.7 Å². The molecule has 1 N–H and O–H groups in total. The molecule has 0 aliphatic carbocycles. The lowest BCUT2D eigenvalue weighted by Gasteiger charge is -2.19. The van der Waals surface area contributed by atoms with Gasteiger partial charge in [0.2, 0.25) is 10.0 Å². The second-order valence-corrected chi connectivity index (χ2v) is 7.63. The van der Waals surface area contributed by atoms with Gasteiger partial charge in [-0.15, -0.1) is 0 Å². The third-order valence-corrected chi connectivity index (χ3v) is 6.08. The average Bonchev–Trinajstić information content (AvgIpc) is 2.64.